The summed E-state index contributed by atoms with van der Waals surface area (Å²) in [5, 5.41) is 0. The van der Waals surface area contributed by atoms with Gasteiger partial charge in [-0.25, -0.2) is 0 Å². The molecule has 0 saturated heterocycles. The first-order valence-electron chi connectivity index (χ1n) is 9.81. The third kappa shape index (κ3) is 3.88. The van der Waals surface area contributed by atoms with E-state index < -0.39 is 0 Å². The molecule has 1 spiro atoms. The highest BCUT2D eigenvalue weighted by molar-refractivity contribution is 5.60. The molecule has 0 aromatic carbocycles. The maximum absolute atomic E-state index is 2.54. The van der Waals surface area contributed by atoms with Crippen LogP contribution in [0, 0.1) is 27.1 Å². The molecule has 0 heteroatoms. The van der Waals surface area contributed by atoms with Gasteiger partial charge in [-0.05, 0) is 44.0 Å². The zero-order valence-corrected chi connectivity index (χ0v) is 18.8. The molecule has 2 aliphatic rings. The van der Waals surface area contributed by atoms with Crippen LogP contribution in [-0.4, -0.2) is 0 Å². The van der Waals surface area contributed by atoms with Crippen LogP contribution in [0.5, 0.6) is 0 Å². The molecule has 0 bridgehead atoms. The molecule has 2 aliphatic carbocycles. The maximum atomic E-state index is 2.54. The molecule has 0 aromatic heterocycles. The molecule has 0 saturated carbocycles. The second kappa shape index (κ2) is 5.48. The quantitative estimate of drug-likeness (QED) is 0.420. The minimum atomic E-state index is -0.0452. The fraction of sp³-hybridized carbons (Fsp3) is 0.680. The third-order valence-electron chi connectivity index (χ3n) is 5.39. The minimum Gasteiger partial charge on any atom is -0.0629 e. The van der Waals surface area contributed by atoms with Crippen LogP contribution in [0.2, 0.25) is 0 Å². The van der Waals surface area contributed by atoms with Gasteiger partial charge in [0.15, 0.2) is 0 Å². The van der Waals surface area contributed by atoms with Crippen molar-refractivity contribution in [3.8, 4) is 0 Å². The highest BCUT2D eigenvalue weighted by Gasteiger charge is 2.43. The van der Waals surface area contributed by atoms with Gasteiger partial charge < -0.3 is 0 Å². The Hall–Kier alpha value is -1.04. The van der Waals surface area contributed by atoms with Crippen molar-refractivity contribution < 1.29 is 0 Å². The molecule has 2 rings (SSSR count). The molecule has 0 heterocycles. The maximum Gasteiger partial charge on any atom is 0.0447 e. The van der Waals surface area contributed by atoms with Crippen molar-refractivity contribution in [3.05, 3.63) is 46.6 Å². The van der Waals surface area contributed by atoms with Gasteiger partial charge in [0, 0.05) is 5.41 Å². The molecular weight excluding hydrogens is 300 g/mol. The summed E-state index contributed by atoms with van der Waals surface area (Å²) in [4.78, 5) is 0. The number of hydrogen-bond acceptors (Lipinski definition) is 0. The summed E-state index contributed by atoms with van der Waals surface area (Å²) in [5.74, 6) is 0. The topological polar surface area (TPSA) is 0 Å². The lowest BCUT2D eigenvalue weighted by atomic mass is 9.74. The lowest BCUT2D eigenvalue weighted by molar-refractivity contribution is 0.449. The van der Waals surface area contributed by atoms with Crippen LogP contribution in [0.25, 0.3) is 0 Å². The number of allylic oxidation sites excluding steroid dienone is 8. The lowest BCUT2D eigenvalue weighted by Gasteiger charge is -2.30. The van der Waals surface area contributed by atoms with Gasteiger partial charge in [-0.15, -0.1) is 0 Å². The van der Waals surface area contributed by atoms with E-state index in [2.05, 4.69) is 107 Å². The Labute approximate surface area is 157 Å². The van der Waals surface area contributed by atoms with E-state index >= 15 is 0 Å². The van der Waals surface area contributed by atoms with E-state index in [1.54, 1.807) is 0 Å². The largest absolute Gasteiger partial charge is 0.0629 e. The summed E-state index contributed by atoms with van der Waals surface area (Å²) in [5.41, 5.74) is 6.65. The summed E-state index contributed by atoms with van der Waals surface area (Å²) >= 11 is 0. The Balaban J connectivity index is 2.74. The molecule has 25 heavy (non-hydrogen) atoms. The third-order valence-corrected chi connectivity index (χ3v) is 5.39. The second-order valence-electron chi connectivity index (χ2n) is 12.2. The van der Waals surface area contributed by atoms with Gasteiger partial charge in [-0.3, -0.25) is 0 Å². The van der Waals surface area contributed by atoms with Crippen molar-refractivity contribution in [2.75, 3.05) is 0 Å². The van der Waals surface area contributed by atoms with Crippen LogP contribution in [0.15, 0.2) is 46.6 Å². The molecule has 0 atom stereocenters. The smallest absolute Gasteiger partial charge is 0.0447 e. The van der Waals surface area contributed by atoms with Gasteiger partial charge in [0.25, 0.3) is 0 Å². The summed E-state index contributed by atoms with van der Waals surface area (Å²) in [6, 6.07) is 0. The summed E-state index contributed by atoms with van der Waals surface area (Å²) in [7, 11) is 0. The van der Waals surface area contributed by atoms with Gasteiger partial charge in [-0.1, -0.05) is 107 Å². The molecule has 0 N–H and O–H groups in total. The predicted molar refractivity (Wildman–Crippen MR) is 113 cm³/mol. The van der Waals surface area contributed by atoms with E-state index in [4.69, 9.17) is 0 Å². The highest BCUT2D eigenvalue weighted by Crippen LogP contribution is 2.56. The van der Waals surface area contributed by atoms with E-state index in [1.807, 2.05) is 0 Å². The molecule has 140 valence electrons. The van der Waals surface area contributed by atoms with Gasteiger partial charge >= 0.3 is 0 Å². The Bertz CT molecular complexity index is 549. The van der Waals surface area contributed by atoms with Crippen LogP contribution in [0.3, 0.4) is 0 Å². The monoisotopic (exact) mass is 340 g/mol. The van der Waals surface area contributed by atoms with Gasteiger partial charge in [0.1, 0.15) is 0 Å². The standard InChI is InChI=1S/C25H40/c1-21(2,3)17-13-25(14-18(17)22(4,5)6)15-19(23(7,8)9)20(16-25)24(10,11)12/h13-16H,1-12H3. The Morgan fingerprint density at radius 2 is 0.560 bits per heavy atom. The van der Waals surface area contributed by atoms with Crippen molar-refractivity contribution in [2.24, 2.45) is 27.1 Å². The van der Waals surface area contributed by atoms with E-state index in [9.17, 15) is 0 Å². The Morgan fingerprint density at radius 3 is 0.680 bits per heavy atom. The summed E-state index contributed by atoms with van der Waals surface area (Å²) in [6.07, 6.45) is 10.2. The molecular formula is C25H40. The molecule has 0 nitrogen and oxygen atoms in total. The van der Waals surface area contributed by atoms with Crippen LogP contribution in [-0.2, 0) is 0 Å². The zero-order valence-electron chi connectivity index (χ0n) is 18.8. The van der Waals surface area contributed by atoms with Crippen LogP contribution in [0.4, 0.5) is 0 Å². The first-order chi connectivity index (χ1) is 10.9. The van der Waals surface area contributed by atoms with E-state index in [0.717, 1.165) is 0 Å². The summed E-state index contributed by atoms with van der Waals surface area (Å²) in [6.45, 7) is 28.1. The summed E-state index contributed by atoms with van der Waals surface area (Å²) < 4.78 is 0. The highest BCUT2D eigenvalue weighted by atomic mass is 14.5. The minimum absolute atomic E-state index is 0.0452. The lowest BCUT2D eigenvalue weighted by Crippen LogP contribution is -2.18. The van der Waals surface area contributed by atoms with Crippen LogP contribution >= 0.6 is 0 Å². The van der Waals surface area contributed by atoms with Crippen molar-refractivity contribution in [3.63, 3.8) is 0 Å². The van der Waals surface area contributed by atoms with Crippen LogP contribution in [0.1, 0.15) is 83.1 Å². The van der Waals surface area contributed by atoms with Gasteiger partial charge in [-0.2, -0.15) is 0 Å². The van der Waals surface area contributed by atoms with E-state index in [1.165, 1.54) is 22.3 Å². The van der Waals surface area contributed by atoms with Gasteiger partial charge in [0.2, 0.25) is 0 Å². The first-order valence-corrected chi connectivity index (χ1v) is 9.81. The average molecular weight is 341 g/mol. The fourth-order valence-corrected chi connectivity index (χ4v) is 4.04. The molecule has 0 unspecified atom stereocenters. The molecule has 0 amide bonds. The zero-order chi connectivity index (χ0) is 19.6. The normalized spacial score (nSPS) is 21.3. The first kappa shape index (κ1) is 20.3. The average Bonchev–Trinajstić information content (AvgIpc) is 2.89. The molecule has 0 fully saturated rings. The van der Waals surface area contributed by atoms with Crippen molar-refractivity contribution >= 4 is 0 Å². The second-order valence-corrected chi connectivity index (χ2v) is 12.2. The Kier molecular flexibility index (Phi) is 4.44. The van der Waals surface area contributed by atoms with Crippen molar-refractivity contribution in [1.29, 1.82) is 0 Å². The predicted octanol–water partition coefficient (Wildman–Crippen LogP) is 7.89. The SMILES string of the molecule is CC(C)(C)C1=CC2(C=C1C(C)(C)C)C=C(C(C)(C)C)C(C(C)(C)C)=C2. The molecule has 0 aliphatic heterocycles. The molecule has 0 radical (unpaired) electrons. The van der Waals surface area contributed by atoms with E-state index in [-0.39, 0.29) is 27.1 Å². The molecule has 0 aromatic rings. The van der Waals surface area contributed by atoms with Crippen molar-refractivity contribution in [2.45, 2.75) is 83.1 Å². The van der Waals surface area contributed by atoms with Crippen molar-refractivity contribution in [1.82, 2.24) is 0 Å². The van der Waals surface area contributed by atoms with Crippen LogP contribution < -0.4 is 0 Å². The number of rotatable bonds is 0. The van der Waals surface area contributed by atoms with E-state index in [0.29, 0.717) is 0 Å². The Morgan fingerprint density at radius 1 is 0.400 bits per heavy atom. The van der Waals surface area contributed by atoms with Gasteiger partial charge in [0.05, 0.1) is 0 Å². The number of hydrogen-bond donors (Lipinski definition) is 0. The fourth-order valence-electron chi connectivity index (χ4n) is 4.04.